The Balaban J connectivity index is 1.41. The van der Waals surface area contributed by atoms with Gasteiger partial charge in [-0.1, -0.05) is 35.9 Å². The summed E-state index contributed by atoms with van der Waals surface area (Å²) in [5, 5.41) is 12.9. The topological polar surface area (TPSA) is 86.3 Å². The molecule has 0 radical (unpaired) electrons. The molecule has 2 N–H and O–H groups in total. The predicted octanol–water partition coefficient (Wildman–Crippen LogP) is 3.18. The van der Waals surface area contributed by atoms with Crippen LogP contribution in [0.3, 0.4) is 0 Å². The van der Waals surface area contributed by atoms with Gasteiger partial charge in [-0.15, -0.1) is 11.3 Å². The minimum atomic E-state index is -1.36. The van der Waals surface area contributed by atoms with Crippen LogP contribution in [0.5, 0.6) is 0 Å². The lowest BCUT2D eigenvalue weighted by Gasteiger charge is -2.30. The van der Waals surface area contributed by atoms with Gasteiger partial charge >= 0.3 is 0 Å². The summed E-state index contributed by atoms with van der Waals surface area (Å²) < 4.78 is 0. The molecule has 1 fully saturated rings. The van der Waals surface area contributed by atoms with E-state index in [4.69, 9.17) is 16.6 Å². The van der Waals surface area contributed by atoms with E-state index >= 15 is 0 Å². The Hall–Kier alpha value is -2.48. The summed E-state index contributed by atoms with van der Waals surface area (Å²) in [4.78, 5) is 36.2. The Bertz CT molecular complexity index is 1170. The Morgan fingerprint density at radius 3 is 2.77 bits per heavy atom. The number of halogens is 1. The fraction of sp³-hybridized carbons (Fsp3) is 0.318. The number of aliphatic hydroxyl groups excluding tert-OH is 1. The Labute approximate surface area is 182 Å². The van der Waals surface area contributed by atoms with Crippen LogP contribution in [0, 0.1) is 0 Å². The number of nitrogens with zero attached hydrogens (tertiary/aromatic N) is 2. The standard InChI is InChI=1S/C22H20ClN3O3S/c23-15-5-2-1-4-13(15)18(27)20(29)26-10-7-16-14(12-26)19(28)25-21(24-16)22(8-9-22)17-6-3-11-30-17/h1-6,11,18,27H,7-10,12H2,(H,24,25,28)/t18-/m1/s1. The third kappa shape index (κ3) is 3.17. The van der Waals surface area contributed by atoms with Crippen molar-refractivity contribution in [2.24, 2.45) is 0 Å². The average molecular weight is 442 g/mol. The summed E-state index contributed by atoms with van der Waals surface area (Å²) in [7, 11) is 0. The summed E-state index contributed by atoms with van der Waals surface area (Å²) >= 11 is 7.81. The van der Waals surface area contributed by atoms with Crippen LogP contribution in [0.2, 0.25) is 5.02 Å². The molecular weight excluding hydrogens is 422 g/mol. The second kappa shape index (κ2) is 7.34. The van der Waals surface area contributed by atoms with Gasteiger partial charge in [0.1, 0.15) is 5.82 Å². The van der Waals surface area contributed by atoms with Crippen molar-refractivity contribution in [3.05, 3.63) is 84.7 Å². The third-order valence-corrected chi connectivity index (χ3v) is 7.43. The lowest BCUT2D eigenvalue weighted by Crippen LogP contribution is -2.42. The summed E-state index contributed by atoms with van der Waals surface area (Å²) in [6, 6.07) is 10.8. The van der Waals surface area contributed by atoms with Gasteiger partial charge in [-0.2, -0.15) is 0 Å². The van der Waals surface area contributed by atoms with Gasteiger partial charge in [0.05, 0.1) is 23.2 Å². The van der Waals surface area contributed by atoms with Crippen molar-refractivity contribution in [3.63, 3.8) is 0 Å². The van der Waals surface area contributed by atoms with E-state index in [9.17, 15) is 14.7 Å². The van der Waals surface area contributed by atoms with Crippen molar-refractivity contribution in [1.29, 1.82) is 0 Å². The van der Waals surface area contributed by atoms with Gasteiger partial charge in [-0.05, 0) is 30.4 Å². The first-order valence-electron chi connectivity index (χ1n) is 9.87. The average Bonchev–Trinajstić information content (AvgIpc) is 3.38. The van der Waals surface area contributed by atoms with Crippen LogP contribution in [-0.4, -0.2) is 32.4 Å². The first kappa shape index (κ1) is 19.5. The van der Waals surface area contributed by atoms with Gasteiger partial charge in [-0.3, -0.25) is 9.59 Å². The SMILES string of the molecule is O=C([C@H](O)c1ccccc1Cl)N1CCc2nc(C3(c4cccs4)CC3)[nH]c(=O)c2C1. The number of carbonyl (C=O) groups is 1. The number of nitrogens with one attached hydrogen (secondary N) is 1. The zero-order valence-electron chi connectivity index (χ0n) is 16.1. The van der Waals surface area contributed by atoms with Crippen LogP contribution in [-0.2, 0) is 23.2 Å². The van der Waals surface area contributed by atoms with Crippen molar-refractivity contribution in [2.45, 2.75) is 37.3 Å². The molecule has 0 bridgehead atoms. The first-order valence-corrected chi connectivity index (χ1v) is 11.1. The molecule has 154 valence electrons. The molecule has 1 aromatic carbocycles. The predicted molar refractivity (Wildman–Crippen MR) is 115 cm³/mol. The fourth-order valence-electron chi connectivity index (χ4n) is 4.12. The van der Waals surface area contributed by atoms with Crippen LogP contribution in [0.4, 0.5) is 0 Å². The smallest absolute Gasteiger partial charge is 0.256 e. The lowest BCUT2D eigenvalue weighted by atomic mass is 10.0. The maximum atomic E-state index is 12.9. The Morgan fingerprint density at radius 2 is 2.07 bits per heavy atom. The van der Waals surface area contributed by atoms with E-state index < -0.39 is 12.0 Å². The number of hydrogen-bond donors (Lipinski definition) is 2. The Morgan fingerprint density at radius 1 is 1.27 bits per heavy atom. The number of aromatic amines is 1. The highest BCUT2D eigenvalue weighted by molar-refractivity contribution is 7.10. The lowest BCUT2D eigenvalue weighted by molar-refractivity contribution is -0.141. The molecule has 0 unspecified atom stereocenters. The normalized spacial score (nSPS) is 18.0. The van der Waals surface area contributed by atoms with Crippen molar-refractivity contribution in [1.82, 2.24) is 14.9 Å². The minimum absolute atomic E-state index is 0.129. The highest BCUT2D eigenvalue weighted by Crippen LogP contribution is 2.53. The van der Waals surface area contributed by atoms with Crippen LogP contribution in [0.25, 0.3) is 0 Å². The van der Waals surface area contributed by atoms with E-state index in [2.05, 4.69) is 11.1 Å². The first-order chi connectivity index (χ1) is 14.5. The zero-order chi connectivity index (χ0) is 20.9. The molecule has 3 heterocycles. The quantitative estimate of drug-likeness (QED) is 0.651. The summed E-state index contributed by atoms with van der Waals surface area (Å²) in [5.74, 6) is 0.263. The van der Waals surface area contributed by atoms with E-state index in [1.165, 1.54) is 9.78 Å². The second-order valence-corrected chi connectivity index (χ2v) is 9.19. The molecule has 0 spiro atoms. The van der Waals surface area contributed by atoms with Gasteiger partial charge < -0.3 is 15.0 Å². The van der Waals surface area contributed by atoms with Crippen LogP contribution < -0.4 is 5.56 Å². The molecule has 2 aliphatic rings. The monoisotopic (exact) mass is 441 g/mol. The number of aromatic nitrogens is 2. The van der Waals surface area contributed by atoms with Gasteiger partial charge in [0, 0.05) is 28.4 Å². The Kier molecular flexibility index (Phi) is 4.76. The molecule has 2 aromatic heterocycles. The van der Waals surface area contributed by atoms with E-state index in [0.29, 0.717) is 29.1 Å². The summed E-state index contributed by atoms with van der Waals surface area (Å²) in [6.07, 6.45) is 1.07. The molecule has 30 heavy (non-hydrogen) atoms. The van der Waals surface area contributed by atoms with Crippen molar-refractivity contribution >= 4 is 28.8 Å². The van der Waals surface area contributed by atoms with Crippen LogP contribution in [0.1, 0.15) is 46.5 Å². The maximum Gasteiger partial charge on any atom is 0.256 e. The molecule has 3 aromatic rings. The molecule has 1 atom stereocenters. The molecular formula is C22H20ClN3O3S. The molecule has 1 amide bonds. The number of benzene rings is 1. The van der Waals surface area contributed by atoms with Crippen LogP contribution >= 0.6 is 22.9 Å². The van der Waals surface area contributed by atoms with Crippen molar-refractivity contribution in [2.75, 3.05) is 6.54 Å². The number of hydrogen-bond acceptors (Lipinski definition) is 5. The number of thiophene rings is 1. The van der Waals surface area contributed by atoms with Crippen molar-refractivity contribution in [3.8, 4) is 0 Å². The third-order valence-electron chi connectivity index (χ3n) is 6.01. The number of aliphatic hydroxyl groups is 1. The largest absolute Gasteiger partial charge is 0.378 e. The summed E-state index contributed by atoms with van der Waals surface area (Å²) in [6.45, 7) is 0.527. The molecule has 5 rings (SSSR count). The molecule has 1 aliphatic heterocycles. The highest BCUT2D eigenvalue weighted by Gasteiger charge is 2.49. The second-order valence-electron chi connectivity index (χ2n) is 7.83. The van der Waals surface area contributed by atoms with E-state index in [1.807, 2.05) is 11.4 Å². The molecule has 0 saturated heterocycles. The molecule has 6 nitrogen and oxygen atoms in total. The number of fused-ring (bicyclic) bond motifs is 1. The van der Waals surface area contributed by atoms with Gasteiger partial charge in [0.2, 0.25) is 0 Å². The summed E-state index contributed by atoms with van der Waals surface area (Å²) in [5.41, 5.74) is 1.22. The van der Waals surface area contributed by atoms with Gasteiger partial charge in [-0.25, -0.2) is 4.98 Å². The molecule has 8 heteroatoms. The van der Waals surface area contributed by atoms with Crippen molar-refractivity contribution < 1.29 is 9.90 Å². The number of carbonyl (C=O) groups excluding carboxylic acids is 1. The highest BCUT2D eigenvalue weighted by atomic mass is 35.5. The van der Waals surface area contributed by atoms with E-state index in [1.54, 1.807) is 35.6 Å². The van der Waals surface area contributed by atoms with Gasteiger partial charge in [0.25, 0.3) is 11.5 Å². The number of amides is 1. The van der Waals surface area contributed by atoms with E-state index in [0.717, 1.165) is 24.4 Å². The molecule has 1 aliphatic carbocycles. The fourth-order valence-corrected chi connectivity index (χ4v) is 5.34. The number of rotatable bonds is 4. The van der Waals surface area contributed by atoms with E-state index in [-0.39, 0.29) is 17.5 Å². The van der Waals surface area contributed by atoms with Gasteiger partial charge in [0.15, 0.2) is 6.10 Å². The van der Waals surface area contributed by atoms with Crippen LogP contribution in [0.15, 0.2) is 46.6 Å². The zero-order valence-corrected chi connectivity index (χ0v) is 17.7. The number of H-pyrrole nitrogens is 1. The minimum Gasteiger partial charge on any atom is -0.378 e. The molecule has 1 saturated carbocycles. The maximum absolute atomic E-state index is 12.9.